The summed E-state index contributed by atoms with van der Waals surface area (Å²) in [4.78, 5) is 16.7. The summed E-state index contributed by atoms with van der Waals surface area (Å²) in [7, 11) is 3.93. The molecule has 0 aliphatic heterocycles. The Balaban J connectivity index is 2.18. The largest absolute Gasteiger partial charge is 0.476 e. The maximum absolute atomic E-state index is 10.9. The van der Waals surface area contributed by atoms with Crippen LogP contribution in [0.3, 0.4) is 0 Å². The molecule has 2 aromatic rings. The first kappa shape index (κ1) is 12.4. The zero-order chi connectivity index (χ0) is 13.1. The fraction of sp³-hybridized carbons (Fsp3) is 0.167. The van der Waals surface area contributed by atoms with E-state index in [0.29, 0.717) is 5.00 Å². The number of nitrogens with zero attached hydrogens (tertiary/aromatic N) is 2. The molecule has 1 aromatic carbocycles. The number of hydrogen-bond donors (Lipinski definition) is 2. The Labute approximate surface area is 109 Å². The highest BCUT2D eigenvalue weighted by Gasteiger charge is 2.13. The molecule has 5 nitrogen and oxygen atoms in total. The van der Waals surface area contributed by atoms with E-state index >= 15 is 0 Å². The molecule has 0 radical (unpaired) electrons. The second-order valence-corrected chi connectivity index (χ2v) is 4.76. The summed E-state index contributed by atoms with van der Waals surface area (Å²) in [6.45, 7) is 0. The van der Waals surface area contributed by atoms with Gasteiger partial charge in [-0.1, -0.05) is 0 Å². The van der Waals surface area contributed by atoms with Gasteiger partial charge in [0.25, 0.3) is 0 Å². The number of aromatic carboxylic acids is 1. The molecule has 2 rings (SSSR count). The Morgan fingerprint density at radius 2 is 2.00 bits per heavy atom. The van der Waals surface area contributed by atoms with Gasteiger partial charge in [-0.2, -0.15) is 0 Å². The van der Waals surface area contributed by atoms with Crippen LogP contribution in [0.4, 0.5) is 16.4 Å². The Morgan fingerprint density at radius 1 is 1.33 bits per heavy atom. The summed E-state index contributed by atoms with van der Waals surface area (Å²) < 4.78 is 0. The van der Waals surface area contributed by atoms with Crippen LogP contribution in [0.25, 0.3) is 0 Å². The van der Waals surface area contributed by atoms with Gasteiger partial charge >= 0.3 is 5.97 Å². The molecule has 0 spiro atoms. The molecule has 0 saturated carbocycles. The molecule has 6 heteroatoms. The van der Waals surface area contributed by atoms with Crippen LogP contribution in [-0.4, -0.2) is 30.2 Å². The predicted molar refractivity (Wildman–Crippen MR) is 73.1 cm³/mol. The lowest BCUT2D eigenvalue weighted by Gasteiger charge is -2.13. The third kappa shape index (κ3) is 2.60. The highest BCUT2D eigenvalue weighted by Crippen LogP contribution is 2.26. The predicted octanol–water partition coefficient (Wildman–Crippen LogP) is 2.65. The highest BCUT2D eigenvalue weighted by atomic mass is 32.1. The lowest BCUT2D eigenvalue weighted by molar-refractivity contribution is 0.0692. The Morgan fingerprint density at radius 3 is 2.56 bits per heavy atom. The molecule has 0 fully saturated rings. The average Bonchev–Trinajstić information content (AvgIpc) is 2.78. The number of nitrogens with one attached hydrogen (secondary N) is 1. The van der Waals surface area contributed by atoms with E-state index in [0.717, 1.165) is 11.4 Å². The van der Waals surface area contributed by atoms with Gasteiger partial charge in [-0.05, 0) is 24.3 Å². The second-order valence-electron chi connectivity index (χ2n) is 3.90. The van der Waals surface area contributed by atoms with Gasteiger partial charge in [-0.15, -0.1) is 11.3 Å². The molecule has 2 N–H and O–H groups in total. The van der Waals surface area contributed by atoms with Gasteiger partial charge in [0.15, 0.2) is 5.69 Å². The highest BCUT2D eigenvalue weighted by molar-refractivity contribution is 7.14. The first-order valence-corrected chi connectivity index (χ1v) is 6.17. The van der Waals surface area contributed by atoms with Crippen molar-refractivity contribution >= 4 is 33.7 Å². The van der Waals surface area contributed by atoms with E-state index in [1.165, 1.54) is 16.8 Å². The minimum atomic E-state index is -1.02. The van der Waals surface area contributed by atoms with E-state index in [2.05, 4.69) is 10.3 Å². The van der Waals surface area contributed by atoms with Crippen LogP contribution in [0.15, 0.2) is 29.8 Å². The number of carboxylic acid groups (broad SMARTS) is 1. The maximum atomic E-state index is 10.9. The molecule has 0 unspecified atom stereocenters. The topological polar surface area (TPSA) is 65.5 Å². The van der Waals surface area contributed by atoms with Crippen LogP contribution in [0.1, 0.15) is 10.5 Å². The lowest BCUT2D eigenvalue weighted by atomic mass is 10.2. The number of carbonyl (C=O) groups is 1. The van der Waals surface area contributed by atoms with Gasteiger partial charge in [0.05, 0.1) is 5.51 Å². The van der Waals surface area contributed by atoms with E-state index in [9.17, 15) is 4.79 Å². The Hall–Kier alpha value is -2.08. The van der Waals surface area contributed by atoms with E-state index in [4.69, 9.17) is 5.11 Å². The standard InChI is InChI=1S/C12H13N3O2S/c1-15(2)9-5-3-8(4-6-9)14-11-10(12(16)17)13-7-18-11/h3-7,14H,1-2H3,(H,16,17). The number of thiazole rings is 1. The minimum absolute atomic E-state index is 0.0525. The van der Waals surface area contributed by atoms with Crippen molar-refractivity contribution in [1.29, 1.82) is 0 Å². The fourth-order valence-electron chi connectivity index (χ4n) is 1.46. The monoisotopic (exact) mass is 263 g/mol. The number of hydrogen-bond acceptors (Lipinski definition) is 5. The first-order chi connectivity index (χ1) is 8.58. The molecular weight excluding hydrogens is 250 g/mol. The molecule has 0 atom stereocenters. The lowest BCUT2D eigenvalue weighted by Crippen LogP contribution is -2.08. The van der Waals surface area contributed by atoms with E-state index in [1.54, 1.807) is 0 Å². The van der Waals surface area contributed by atoms with Gasteiger partial charge in [0.1, 0.15) is 5.00 Å². The summed E-state index contributed by atoms with van der Waals surface area (Å²) in [5, 5.41) is 12.5. The molecule has 1 aromatic heterocycles. The van der Waals surface area contributed by atoms with E-state index in [1.807, 2.05) is 43.3 Å². The van der Waals surface area contributed by atoms with Crippen LogP contribution in [0, 0.1) is 0 Å². The number of rotatable bonds is 4. The van der Waals surface area contributed by atoms with Crippen molar-refractivity contribution < 1.29 is 9.90 Å². The van der Waals surface area contributed by atoms with Gasteiger partial charge in [0.2, 0.25) is 0 Å². The van der Waals surface area contributed by atoms with Crippen molar-refractivity contribution in [3.05, 3.63) is 35.5 Å². The zero-order valence-corrected chi connectivity index (χ0v) is 10.9. The third-order valence-electron chi connectivity index (χ3n) is 2.41. The minimum Gasteiger partial charge on any atom is -0.476 e. The SMILES string of the molecule is CN(C)c1ccc(Nc2scnc2C(=O)O)cc1. The van der Waals surface area contributed by atoms with Crippen molar-refractivity contribution in [2.45, 2.75) is 0 Å². The molecule has 0 amide bonds. The maximum Gasteiger partial charge on any atom is 0.357 e. The number of benzene rings is 1. The molecule has 0 aliphatic carbocycles. The van der Waals surface area contributed by atoms with Crippen LogP contribution in [0.2, 0.25) is 0 Å². The third-order valence-corrected chi connectivity index (χ3v) is 3.15. The summed E-state index contributed by atoms with van der Waals surface area (Å²) in [5.41, 5.74) is 3.49. The number of aromatic nitrogens is 1. The van der Waals surface area contributed by atoms with Crippen LogP contribution < -0.4 is 10.2 Å². The van der Waals surface area contributed by atoms with E-state index < -0.39 is 5.97 Å². The molecule has 0 aliphatic rings. The summed E-state index contributed by atoms with van der Waals surface area (Å²) in [6, 6.07) is 7.73. The van der Waals surface area contributed by atoms with Crippen molar-refractivity contribution in [2.24, 2.45) is 0 Å². The average molecular weight is 263 g/mol. The number of carboxylic acids is 1. The molecule has 1 heterocycles. The summed E-state index contributed by atoms with van der Waals surface area (Å²) in [6.07, 6.45) is 0. The summed E-state index contributed by atoms with van der Waals surface area (Å²) >= 11 is 1.27. The van der Waals surface area contributed by atoms with Crippen LogP contribution in [0.5, 0.6) is 0 Å². The van der Waals surface area contributed by atoms with Crippen LogP contribution >= 0.6 is 11.3 Å². The van der Waals surface area contributed by atoms with Crippen molar-refractivity contribution in [3.63, 3.8) is 0 Å². The zero-order valence-electron chi connectivity index (χ0n) is 10.0. The molecule has 0 saturated heterocycles. The molecule has 94 valence electrons. The second kappa shape index (κ2) is 5.05. The van der Waals surface area contributed by atoms with E-state index in [-0.39, 0.29) is 5.69 Å². The summed E-state index contributed by atoms with van der Waals surface area (Å²) in [5.74, 6) is -1.02. The number of anilines is 3. The molecule has 0 bridgehead atoms. The quantitative estimate of drug-likeness (QED) is 0.887. The Bertz CT molecular complexity index is 549. The molecular formula is C12H13N3O2S. The fourth-order valence-corrected chi connectivity index (χ4v) is 2.15. The van der Waals surface area contributed by atoms with Gasteiger partial charge in [-0.3, -0.25) is 0 Å². The smallest absolute Gasteiger partial charge is 0.357 e. The van der Waals surface area contributed by atoms with Crippen molar-refractivity contribution in [3.8, 4) is 0 Å². The van der Waals surface area contributed by atoms with Crippen molar-refractivity contribution in [1.82, 2.24) is 4.98 Å². The van der Waals surface area contributed by atoms with Crippen molar-refractivity contribution in [2.75, 3.05) is 24.3 Å². The Kier molecular flexibility index (Phi) is 3.47. The van der Waals surface area contributed by atoms with Gasteiger partial charge in [0, 0.05) is 25.5 Å². The first-order valence-electron chi connectivity index (χ1n) is 5.29. The molecule has 18 heavy (non-hydrogen) atoms. The van der Waals surface area contributed by atoms with Gasteiger partial charge in [-0.25, -0.2) is 9.78 Å². The van der Waals surface area contributed by atoms with Crippen LogP contribution in [-0.2, 0) is 0 Å². The normalized spacial score (nSPS) is 10.1. The van der Waals surface area contributed by atoms with Gasteiger partial charge < -0.3 is 15.3 Å².